The van der Waals surface area contributed by atoms with Crippen LogP contribution >= 0.6 is 0 Å². The van der Waals surface area contributed by atoms with E-state index in [0.717, 1.165) is 25.7 Å². The number of rotatable bonds is 14. The maximum Gasteiger partial charge on any atom is 0.309 e. The molecule has 0 saturated heterocycles. The van der Waals surface area contributed by atoms with E-state index in [1.807, 2.05) is 0 Å². The molecule has 4 heteroatoms. The minimum atomic E-state index is -0.500. The molecule has 0 radical (unpaired) electrons. The van der Waals surface area contributed by atoms with Gasteiger partial charge in [0, 0.05) is 13.1 Å². The molecule has 130 valence electrons. The Morgan fingerprint density at radius 2 is 0.909 bits per heavy atom. The summed E-state index contributed by atoms with van der Waals surface area (Å²) in [4.78, 5) is 22.9. The SMILES string of the molecule is CCCCCCCCCCCCNC(=O)C(=O)NCCCC. The molecule has 0 spiro atoms. The third kappa shape index (κ3) is 13.9. The summed E-state index contributed by atoms with van der Waals surface area (Å²) >= 11 is 0. The minimum Gasteiger partial charge on any atom is -0.348 e. The lowest BCUT2D eigenvalue weighted by Gasteiger charge is -2.06. The molecule has 0 fully saturated rings. The van der Waals surface area contributed by atoms with Gasteiger partial charge in [-0.15, -0.1) is 0 Å². The van der Waals surface area contributed by atoms with Gasteiger partial charge in [0.15, 0.2) is 0 Å². The van der Waals surface area contributed by atoms with Gasteiger partial charge in [0.05, 0.1) is 0 Å². The van der Waals surface area contributed by atoms with Gasteiger partial charge in [-0.1, -0.05) is 78.1 Å². The fourth-order valence-corrected chi connectivity index (χ4v) is 2.35. The van der Waals surface area contributed by atoms with Crippen LogP contribution in [0, 0.1) is 0 Å². The summed E-state index contributed by atoms with van der Waals surface area (Å²) in [7, 11) is 0. The Balaban J connectivity index is 3.28. The standard InChI is InChI=1S/C18H36N2O2/c1-3-5-7-8-9-10-11-12-13-14-16-20-18(22)17(21)19-15-6-4-2/h3-16H2,1-2H3,(H,19,21)(H,20,22). The lowest BCUT2D eigenvalue weighted by molar-refractivity contribution is -0.139. The second-order valence-electron chi connectivity index (χ2n) is 6.05. The normalized spacial score (nSPS) is 10.5. The van der Waals surface area contributed by atoms with Crippen LogP contribution in [0.4, 0.5) is 0 Å². The van der Waals surface area contributed by atoms with Crippen LogP contribution in [-0.2, 0) is 9.59 Å². The van der Waals surface area contributed by atoms with Crippen molar-refractivity contribution >= 4 is 11.8 Å². The van der Waals surface area contributed by atoms with Crippen molar-refractivity contribution in [1.29, 1.82) is 0 Å². The second-order valence-corrected chi connectivity index (χ2v) is 6.05. The summed E-state index contributed by atoms with van der Waals surface area (Å²) in [6.45, 7) is 5.49. The van der Waals surface area contributed by atoms with E-state index in [4.69, 9.17) is 0 Å². The number of carbonyl (C=O) groups excluding carboxylic acids is 2. The van der Waals surface area contributed by atoms with Gasteiger partial charge in [-0.2, -0.15) is 0 Å². The molecule has 2 N–H and O–H groups in total. The molecule has 0 aromatic heterocycles. The first-order valence-corrected chi connectivity index (χ1v) is 9.28. The van der Waals surface area contributed by atoms with Crippen molar-refractivity contribution in [3.63, 3.8) is 0 Å². The fourth-order valence-electron chi connectivity index (χ4n) is 2.35. The average molecular weight is 312 g/mol. The Hall–Kier alpha value is -1.06. The summed E-state index contributed by atoms with van der Waals surface area (Å²) in [6, 6.07) is 0. The molecular formula is C18H36N2O2. The molecule has 0 aliphatic rings. The summed E-state index contributed by atoms with van der Waals surface area (Å²) in [5.74, 6) is -0.993. The molecule has 0 rings (SSSR count). The van der Waals surface area contributed by atoms with Gasteiger partial charge in [0.2, 0.25) is 0 Å². The first-order chi connectivity index (χ1) is 10.7. The van der Waals surface area contributed by atoms with Crippen molar-refractivity contribution < 1.29 is 9.59 Å². The molecule has 0 heterocycles. The van der Waals surface area contributed by atoms with Crippen LogP contribution < -0.4 is 10.6 Å². The highest BCUT2D eigenvalue weighted by Gasteiger charge is 2.10. The van der Waals surface area contributed by atoms with Crippen LogP contribution in [0.5, 0.6) is 0 Å². The van der Waals surface area contributed by atoms with E-state index >= 15 is 0 Å². The van der Waals surface area contributed by atoms with Gasteiger partial charge >= 0.3 is 11.8 Å². The Morgan fingerprint density at radius 3 is 1.36 bits per heavy atom. The van der Waals surface area contributed by atoms with Crippen molar-refractivity contribution in [2.45, 2.75) is 90.9 Å². The van der Waals surface area contributed by atoms with Crippen LogP contribution in [-0.4, -0.2) is 24.9 Å². The van der Waals surface area contributed by atoms with Gasteiger partial charge in [0.1, 0.15) is 0 Å². The Labute approximate surface area is 136 Å². The van der Waals surface area contributed by atoms with E-state index < -0.39 is 11.8 Å². The third-order valence-corrected chi connectivity index (χ3v) is 3.84. The molecular weight excluding hydrogens is 276 g/mol. The quantitative estimate of drug-likeness (QED) is 0.377. The molecule has 0 aliphatic heterocycles. The van der Waals surface area contributed by atoms with Crippen LogP contribution in [0.2, 0.25) is 0 Å². The second kappa shape index (κ2) is 16.3. The summed E-state index contributed by atoms with van der Waals surface area (Å²) in [5.41, 5.74) is 0. The zero-order valence-corrected chi connectivity index (χ0v) is 14.7. The zero-order chi connectivity index (χ0) is 16.5. The number of carbonyl (C=O) groups is 2. The highest BCUT2D eigenvalue weighted by atomic mass is 16.2. The van der Waals surface area contributed by atoms with Gasteiger partial charge in [-0.3, -0.25) is 9.59 Å². The summed E-state index contributed by atoms with van der Waals surface area (Å²) in [5, 5.41) is 5.31. The van der Waals surface area contributed by atoms with E-state index in [0.29, 0.717) is 13.1 Å². The topological polar surface area (TPSA) is 58.2 Å². The van der Waals surface area contributed by atoms with Gasteiger partial charge < -0.3 is 10.6 Å². The molecule has 0 unspecified atom stereocenters. The Kier molecular flexibility index (Phi) is 15.5. The van der Waals surface area contributed by atoms with Crippen molar-refractivity contribution in [3.05, 3.63) is 0 Å². The van der Waals surface area contributed by atoms with Crippen molar-refractivity contribution in [2.24, 2.45) is 0 Å². The summed E-state index contributed by atoms with van der Waals surface area (Å²) < 4.78 is 0. The zero-order valence-electron chi connectivity index (χ0n) is 14.7. The molecule has 2 amide bonds. The van der Waals surface area contributed by atoms with E-state index in [-0.39, 0.29) is 0 Å². The number of unbranched alkanes of at least 4 members (excludes halogenated alkanes) is 10. The van der Waals surface area contributed by atoms with E-state index in [9.17, 15) is 9.59 Å². The Morgan fingerprint density at radius 1 is 0.545 bits per heavy atom. The largest absolute Gasteiger partial charge is 0.348 e. The maximum atomic E-state index is 11.5. The van der Waals surface area contributed by atoms with Crippen molar-refractivity contribution in [2.75, 3.05) is 13.1 Å². The molecule has 0 bridgehead atoms. The number of hydrogen-bond acceptors (Lipinski definition) is 2. The fraction of sp³-hybridized carbons (Fsp3) is 0.889. The molecule has 0 saturated carbocycles. The van der Waals surface area contributed by atoms with Crippen LogP contribution in [0.3, 0.4) is 0 Å². The van der Waals surface area contributed by atoms with E-state index in [1.54, 1.807) is 0 Å². The first kappa shape index (κ1) is 20.9. The maximum absolute atomic E-state index is 11.5. The minimum absolute atomic E-state index is 0.493. The summed E-state index contributed by atoms with van der Waals surface area (Å²) in [6.07, 6.45) is 14.6. The lowest BCUT2D eigenvalue weighted by atomic mass is 10.1. The van der Waals surface area contributed by atoms with Crippen LogP contribution in [0.15, 0.2) is 0 Å². The van der Waals surface area contributed by atoms with Crippen molar-refractivity contribution in [1.82, 2.24) is 10.6 Å². The average Bonchev–Trinajstić information content (AvgIpc) is 2.52. The lowest BCUT2D eigenvalue weighted by Crippen LogP contribution is -2.40. The van der Waals surface area contributed by atoms with Gasteiger partial charge in [-0.05, 0) is 12.8 Å². The molecule has 0 aliphatic carbocycles. The van der Waals surface area contributed by atoms with E-state index in [2.05, 4.69) is 24.5 Å². The van der Waals surface area contributed by atoms with Crippen LogP contribution in [0.25, 0.3) is 0 Å². The van der Waals surface area contributed by atoms with Gasteiger partial charge in [0.25, 0.3) is 0 Å². The molecule has 0 aromatic carbocycles. The van der Waals surface area contributed by atoms with Gasteiger partial charge in [-0.25, -0.2) is 0 Å². The Bertz CT molecular complexity index is 280. The smallest absolute Gasteiger partial charge is 0.309 e. The number of hydrogen-bond donors (Lipinski definition) is 2. The first-order valence-electron chi connectivity index (χ1n) is 9.28. The highest BCUT2D eigenvalue weighted by Crippen LogP contribution is 2.10. The monoisotopic (exact) mass is 312 g/mol. The molecule has 0 atom stereocenters. The van der Waals surface area contributed by atoms with E-state index in [1.165, 1.54) is 51.4 Å². The molecule has 22 heavy (non-hydrogen) atoms. The predicted molar refractivity (Wildman–Crippen MR) is 92.8 cm³/mol. The highest BCUT2D eigenvalue weighted by molar-refractivity contribution is 6.35. The van der Waals surface area contributed by atoms with Crippen LogP contribution in [0.1, 0.15) is 90.9 Å². The van der Waals surface area contributed by atoms with Crippen molar-refractivity contribution in [3.8, 4) is 0 Å². The molecule has 0 aromatic rings. The third-order valence-electron chi connectivity index (χ3n) is 3.84. The number of nitrogens with one attached hydrogen (secondary N) is 2. The number of amides is 2. The predicted octanol–water partition coefficient (Wildman–Crippen LogP) is 3.94. The molecule has 4 nitrogen and oxygen atoms in total.